The van der Waals surface area contributed by atoms with Crippen molar-refractivity contribution in [2.45, 2.75) is 11.2 Å². The predicted octanol–water partition coefficient (Wildman–Crippen LogP) is 6.42. The second-order valence-corrected chi connectivity index (χ2v) is 6.98. The van der Waals surface area contributed by atoms with Crippen molar-refractivity contribution in [3.8, 4) is 0 Å². The summed E-state index contributed by atoms with van der Waals surface area (Å²) in [5, 5.41) is 2.47. The van der Waals surface area contributed by atoms with Crippen LogP contribution in [-0.4, -0.2) is 0 Å². The molecule has 0 amide bonds. The lowest BCUT2D eigenvalue weighted by atomic mass is 10.0. The van der Waals surface area contributed by atoms with Gasteiger partial charge in [0.2, 0.25) is 0 Å². The lowest BCUT2D eigenvalue weighted by molar-refractivity contribution is 0.624. The first-order valence-electron chi connectivity index (χ1n) is 6.70. The molecule has 3 rings (SSSR count). The lowest BCUT2D eigenvalue weighted by Gasteiger charge is -2.13. The molecule has 21 heavy (non-hydrogen) atoms. The van der Waals surface area contributed by atoms with Gasteiger partial charge in [-0.3, -0.25) is 0 Å². The molecule has 0 N–H and O–H groups in total. The minimum atomic E-state index is -0.212. The maximum atomic E-state index is 13.4. The minimum absolute atomic E-state index is 0.0729. The maximum absolute atomic E-state index is 13.4. The van der Waals surface area contributed by atoms with Crippen LogP contribution in [0.25, 0.3) is 10.8 Å². The molecule has 0 aliphatic carbocycles. The molecule has 0 fully saturated rings. The van der Waals surface area contributed by atoms with Crippen LogP contribution < -0.4 is 0 Å². The number of rotatable bonds is 3. The van der Waals surface area contributed by atoms with Gasteiger partial charge in [0.1, 0.15) is 5.82 Å². The first-order chi connectivity index (χ1) is 10.1. The second kappa shape index (κ2) is 6.29. The molecule has 3 aromatic rings. The molecule has 0 nitrogen and oxygen atoms in total. The Morgan fingerprint density at radius 3 is 2.48 bits per heavy atom. The highest BCUT2D eigenvalue weighted by molar-refractivity contribution is 9.11. The van der Waals surface area contributed by atoms with E-state index in [1.165, 1.54) is 22.4 Å². The van der Waals surface area contributed by atoms with E-state index < -0.39 is 0 Å². The van der Waals surface area contributed by atoms with Gasteiger partial charge in [-0.2, -0.15) is 0 Å². The second-order valence-electron chi connectivity index (χ2n) is 5.02. The highest BCUT2D eigenvalue weighted by Gasteiger charge is 2.13. The van der Waals surface area contributed by atoms with Crippen molar-refractivity contribution in [3.05, 3.63) is 82.1 Å². The maximum Gasteiger partial charge on any atom is 0.123 e. The van der Waals surface area contributed by atoms with Crippen molar-refractivity contribution in [1.82, 2.24) is 0 Å². The van der Waals surface area contributed by atoms with Gasteiger partial charge in [-0.1, -0.05) is 74.3 Å². The van der Waals surface area contributed by atoms with Gasteiger partial charge in [-0.25, -0.2) is 4.39 Å². The Hall–Kier alpha value is -1.19. The first kappa shape index (κ1) is 14.7. The Bertz CT molecular complexity index is 783. The molecule has 0 aromatic heterocycles. The third-order valence-electron chi connectivity index (χ3n) is 3.52. The molecule has 0 bridgehead atoms. The van der Waals surface area contributed by atoms with E-state index in [2.05, 4.69) is 62.2 Å². The number of alkyl halides is 1. The van der Waals surface area contributed by atoms with E-state index in [1.54, 1.807) is 12.1 Å². The van der Waals surface area contributed by atoms with Crippen LogP contribution >= 0.6 is 31.9 Å². The highest BCUT2D eigenvalue weighted by atomic mass is 79.9. The summed E-state index contributed by atoms with van der Waals surface area (Å²) >= 11 is 7.16. The van der Waals surface area contributed by atoms with E-state index in [9.17, 15) is 4.39 Å². The molecule has 0 radical (unpaired) electrons. The van der Waals surface area contributed by atoms with Crippen LogP contribution in [0.1, 0.15) is 16.0 Å². The van der Waals surface area contributed by atoms with Crippen molar-refractivity contribution in [2.75, 3.05) is 0 Å². The zero-order valence-electron chi connectivity index (χ0n) is 11.2. The third kappa shape index (κ3) is 3.35. The third-order valence-corrected chi connectivity index (χ3v) is 5.06. The van der Waals surface area contributed by atoms with E-state index in [0.29, 0.717) is 0 Å². The van der Waals surface area contributed by atoms with E-state index in [4.69, 9.17) is 0 Å². The van der Waals surface area contributed by atoms with Crippen LogP contribution in [0.15, 0.2) is 65.1 Å². The van der Waals surface area contributed by atoms with E-state index in [1.807, 2.05) is 12.1 Å². The SMILES string of the molecule is Fc1ccc(Br)c(C(Br)Cc2ccc3ccccc3c2)c1. The monoisotopic (exact) mass is 406 g/mol. The van der Waals surface area contributed by atoms with Gasteiger partial charge in [0, 0.05) is 9.30 Å². The highest BCUT2D eigenvalue weighted by Crippen LogP contribution is 2.33. The average molecular weight is 408 g/mol. The summed E-state index contributed by atoms with van der Waals surface area (Å²) in [7, 11) is 0. The quantitative estimate of drug-likeness (QED) is 0.439. The topological polar surface area (TPSA) is 0 Å². The summed E-state index contributed by atoms with van der Waals surface area (Å²) in [5.41, 5.74) is 2.16. The fourth-order valence-electron chi connectivity index (χ4n) is 2.44. The Kier molecular flexibility index (Phi) is 4.41. The van der Waals surface area contributed by atoms with Gasteiger partial charge < -0.3 is 0 Å². The Labute approximate surface area is 140 Å². The fraction of sp³-hybridized carbons (Fsp3) is 0.111. The standard InChI is InChI=1S/C18H13Br2F/c19-17-8-7-15(21)11-16(17)18(20)10-12-5-6-13-3-1-2-4-14(13)9-12/h1-9,11,18H,10H2. The van der Waals surface area contributed by atoms with Crippen molar-refractivity contribution in [3.63, 3.8) is 0 Å². The van der Waals surface area contributed by atoms with Crippen LogP contribution in [0.4, 0.5) is 4.39 Å². The molecule has 0 heterocycles. The van der Waals surface area contributed by atoms with Crippen LogP contribution in [0.2, 0.25) is 0 Å². The van der Waals surface area contributed by atoms with Crippen LogP contribution in [0, 0.1) is 5.82 Å². The Morgan fingerprint density at radius 1 is 0.905 bits per heavy atom. The van der Waals surface area contributed by atoms with Gasteiger partial charge in [0.15, 0.2) is 0 Å². The van der Waals surface area contributed by atoms with Crippen molar-refractivity contribution < 1.29 is 4.39 Å². The van der Waals surface area contributed by atoms with Crippen LogP contribution in [0.5, 0.6) is 0 Å². The zero-order valence-corrected chi connectivity index (χ0v) is 14.4. The van der Waals surface area contributed by atoms with E-state index in [0.717, 1.165) is 16.5 Å². The van der Waals surface area contributed by atoms with Crippen LogP contribution in [0.3, 0.4) is 0 Å². The summed E-state index contributed by atoms with van der Waals surface area (Å²) < 4.78 is 14.3. The number of fused-ring (bicyclic) bond motifs is 1. The zero-order chi connectivity index (χ0) is 14.8. The molecule has 3 aromatic carbocycles. The van der Waals surface area contributed by atoms with Gasteiger partial charge in [-0.05, 0) is 46.5 Å². The molecular formula is C18H13Br2F. The van der Waals surface area contributed by atoms with Gasteiger partial charge in [-0.15, -0.1) is 0 Å². The molecule has 1 atom stereocenters. The van der Waals surface area contributed by atoms with Crippen molar-refractivity contribution >= 4 is 42.6 Å². The predicted molar refractivity (Wildman–Crippen MR) is 93.4 cm³/mol. The number of hydrogen-bond acceptors (Lipinski definition) is 0. The molecule has 0 saturated heterocycles. The number of halogens is 3. The molecule has 106 valence electrons. The summed E-state index contributed by atoms with van der Waals surface area (Å²) in [6, 6.07) is 19.5. The van der Waals surface area contributed by atoms with Crippen LogP contribution in [-0.2, 0) is 6.42 Å². The minimum Gasteiger partial charge on any atom is -0.207 e. The van der Waals surface area contributed by atoms with Gasteiger partial charge >= 0.3 is 0 Å². The molecule has 0 aliphatic rings. The van der Waals surface area contributed by atoms with E-state index in [-0.39, 0.29) is 10.6 Å². The van der Waals surface area contributed by atoms with Crippen molar-refractivity contribution in [1.29, 1.82) is 0 Å². The number of hydrogen-bond donors (Lipinski definition) is 0. The summed E-state index contributed by atoms with van der Waals surface area (Å²) in [5.74, 6) is -0.212. The largest absolute Gasteiger partial charge is 0.207 e. The molecular weight excluding hydrogens is 395 g/mol. The fourth-order valence-corrected chi connectivity index (χ4v) is 4.02. The number of benzene rings is 3. The normalized spacial score (nSPS) is 12.5. The first-order valence-corrected chi connectivity index (χ1v) is 8.41. The summed E-state index contributed by atoms with van der Waals surface area (Å²) in [6.07, 6.45) is 0.812. The van der Waals surface area contributed by atoms with Gasteiger partial charge in [0.25, 0.3) is 0 Å². The van der Waals surface area contributed by atoms with Crippen molar-refractivity contribution in [2.24, 2.45) is 0 Å². The summed E-state index contributed by atoms with van der Waals surface area (Å²) in [6.45, 7) is 0. The van der Waals surface area contributed by atoms with Gasteiger partial charge in [0.05, 0.1) is 0 Å². The molecule has 0 spiro atoms. The lowest BCUT2D eigenvalue weighted by Crippen LogP contribution is -1.97. The molecule has 1 unspecified atom stereocenters. The Balaban J connectivity index is 1.88. The Morgan fingerprint density at radius 2 is 1.67 bits per heavy atom. The average Bonchev–Trinajstić information content (AvgIpc) is 2.49. The molecule has 0 aliphatic heterocycles. The summed E-state index contributed by atoms with van der Waals surface area (Å²) in [4.78, 5) is 0.0729. The smallest absolute Gasteiger partial charge is 0.123 e. The molecule has 0 saturated carbocycles. The van der Waals surface area contributed by atoms with E-state index >= 15 is 0 Å². The molecule has 3 heteroatoms.